The number of hydrogen-bond acceptors (Lipinski definition) is 7. The van der Waals surface area contributed by atoms with E-state index in [1.807, 2.05) is 11.4 Å². The van der Waals surface area contributed by atoms with Gasteiger partial charge in [-0.1, -0.05) is 42.5 Å². The van der Waals surface area contributed by atoms with E-state index >= 15 is 0 Å². The summed E-state index contributed by atoms with van der Waals surface area (Å²) in [5.74, 6) is -2.13. The summed E-state index contributed by atoms with van der Waals surface area (Å²) in [6.07, 6.45) is 1.49. The van der Waals surface area contributed by atoms with Crippen LogP contribution in [0.2, 0.25) is 0 Å². The van der Waals surface area contributed by atoms with Gasteiger partial charge in [0.05, 0.1) is 5.69 Å². The van der Waals surface area contributed by atoms with Crippen LogP contribution in [0, 0.1) is 12.7 Å². The van der Waals surface area contributed by atoms with Crippen molar-refractivity contribution in [3.63, 3.8) is 0 Å². The lowest BCUT2D eigenvalue weighted by Gasteiger charge is -2.10. The number of tetrazole rings is 1. The largest absolute Gasteiger partial charge is 0.451 e. The van der Waals surface area contributed by atoms with Crippen LogP contribution in [0.1, 0.15) is 11.4 Å². The Balaban J connectivity index is 1.63. The number of aryl methyl sites for hydroxylation is 1. The van der Waals surface area contributed by atoms with Crippen molar-refractivity contribution < 1.29 is 23.5 Å². The number of hydrogen-bond donors (Lipinski definition) is 2. The maximum atomic E-state index is 13.6. The Hall–Kier alpha value is -4.41. The highest BCUT2D eigenvalue weighted by Crippen LogP contribution is 2.14. The number of benzene rings is 2. The monoisotopic (exact) mass is 424 g/mol. The van der Waals surface area contributed by atoms with Crippen molar-refractivity contribution in [3.05, 3.63) is 71.8 Å². The highest BCUT2D eigenvalue weighted by atomic mass is 19.1. The Morgan fingerprint density at radius 2 is 1.81 bits per heavy atom. The molecule has 0 unspecified atom stereocenters. The Kier molecular flexibility index (Phi) is 6.78. The minimum atomic E-state index is -0.970. The second kappa shape index (κ2) is 9.87. The van der Waals surface area contributed by atoms with E-state index in [4.69, 9.17) is 4.74 Å². The molecule has 2 aromatic carbocycles. The van der Waals surface area contributed by atoms with E-state index in [1.165, 1.54) is 24.3 Å². The van der Waals surface area contributed by atoms with Crippen molar-refractivity contribution >= 4 is 35.4 Å². The van der Waals surface area contributed by atoms with Gasteiger partial charge in [0.1, 0.15) is 5.82 Å². The van der Waals surface area contributed by atoms with Crippen LogP contribution < -0.4 is 10.6 Å². The number of aromatic nitrogens is 4. The molecule has 0 aliphatic heterocycles. The van der Waals surface area contributed by atoms with Gasteiger partial charge in [0.2, 0.25) is 0 Å². The Bertz CT molecular complexity index is 1130. The number of esters is 1. The number of anilines is 1. The fourth-order valence-corrected chi connectivity index (χ4v) is 2.45. The topological polar surface area (TPSA) is 128 Å². The highest BCUT2D eigenvalue weighted by Gasteiger charge is 2.19. The zero-order valence-corrected chi connectivity index (χ0v) is 16.3. The number of amides is 3. The maximum absolute atomic E-state index is 13.6. The fraction of sp³-hybridized carbons (Fsp3) is 0.100. The molecule has 0 bridgehead atoms. The maximum Gasteiger partial charge on any atom is 0.357 e. The third-order valence-electron chi connectivity index (χ3n) is 3.88. The van der Waals surface area contributed by atoms with Gasteiger partial charge in [-0.3, -0.25) is 10.1 Å². The second-order valence-corrected chi connectivity index (χ2v) is 6.14. The van der Waals surface area contributed by atoms with Crippen molar-refractivity contribution in [3.8, 4) is 0 Å². The van der Waals surface area contributed by atoms with Gasteiger partial charge >= 0.3 is 12.0 Å². The molecule has 0 saturated carbocycles. The van der Waals surface area contributed by atoms with E-state index in [2.05, 4.69) is 20.8 Å². The lowest BCUT2D eigenvalue weighted by molar-refractivity contribution is -0.142. The molecule has 3 rings (SSSR count). The zero-order chi connectivity index (χ0) is 22.2. The fourth-order valence-electron chi connectivity index (χ4n) is 2.45. The van der Waals surface area contributed by atoms with Gasteiger partial charge in [0.25, 0.3) is 5.91 Å². The lowest BCUT2D eigenvalue weighted by atomic mass is 10.2. The third kappa shape index (κ3) is 5.79. The molecule has 2 N–H and O–H groups in total. The number of para-hydroxylation sites is 1. The molecule has 0 fully saturated rings. The van der Waals surface area contributed by atoms with Gasteiger partial charge < -0.3 is 10.1 Å². The zero-order valence-electron chi connectivity index (χ0n) is 16.3. The summed E-state index contributed by atoms with van der Waals surface area (Å²) in [7, 11) is 0. The summed E-state index contributed by atoms with van der Waals surface area (Å²) in [5.41, 5.74) is 0.544. The van der Waals surface area contributed by atoms with Crippen molar-refractivity contribution in [1.29, 1.82) is 0 Å². The molecule has 3 amide bonds. The van der Waals surface area contributed by atoms with Gasteiger partial charge in [-0.2, -0.15) is 4.68 Å². The van der Waals surface area contributed by atoms with E-state index in [0.717, 1.165) is 10.7 Å². The predicted molar refractivity (Wildman–Crippen MR) is 108 cm³/mol. The van der Waals surface area contributed by atoms with E-state index < -0.39 is 30.3 Å². The van der Waals surface area contributed by atoms with Gasteiger partial charge in [-0.25, -0.2) is 14.0 Å². The smallest absolute Gasteiger partial charge is 0.357 e. The van der Waals surface area contributed by atoms with E-state index in [-0.39, 0.29) is 11.4 Å². The highest BCUT2D eigenvalue weighted by molar-refractivity contribution is 6.15. The first-order valence-electron chi connectivity index (χ1n) is 8.98. The molecular weight excluding hydrogens is 407 g/mol. The Labute approximate surface area is 175 Å². The quantitative estimate of drug-likeness (QED) is 0.458. The molecule has 0 aliphatic carbocycles. The molecular formula is C20H17FN6O4. The molecule has 158 valence electrons. The second-order valence-electron chi connectivity index (χ2n) is 6.14. The molecule has 1 heterocycles. The number of rotatable bonds is 6. The molecule has 10 nitrogen and oxygen atoms in total. The number of carbonyl (C=O) groups excluding carboxylic acids is 3. The molecule has 31 heavy (non-hydrogen) atoms. The van der Waals surface area contributed by atoms with Gasteiger partial charge in [0, 0.05) is 0 Å². The van der Waals surface area contributed by atoms with Crippen LogP contribution in [0.5, 0.6) is 0 Å². The number of halogens is 1. The van der Waals surface area contributed by atoms with Crippen molar-refractivity contribution in [2.75, 3.05) is 11.9 Å². The first kappa shape index (κ1) is 21.3. The minimum Gasteiger partial charge on any atom is -0.451 e. The number of imide groups is 1. The van der Waals surface area contributed by atoms with Crippen LogP contribution in [0.3, 0.4) is 0 Å². The summed E-state index contributed by atoms with van der Waals surface area (Å²) >= 11 is 0. The summed E-state index contributed by atoms with van der Waals surface area (Å²) < 4.78 is 19.7. The average molecular weight is 424 g/mol. The third-order valence-corrected chi connectivity index (χ3v) is 3.88. The van der Waals surface area contributed by atoms with E-state index in [1.54, 1.807) is 31.2 Å². The van der Waals surface area contributed by atoms with Crippen LogP contribution in [0.25, 0.3) is 11.8 Å². The normalized spacial score (nSPS) is 11.0. The molecule has 0 aliphatic rings. The predicted octanol–water partition coefficient (Wildman–Crippen LogP) is 2.01. The lowest BCUT2D eigenvalue weighted by Crippen LogP contribution is -2.37. The summed E-state index contributed by atoms with van der Waals surface area (Å²) in [6.45, 7) is 0.836. The summed E-state index contributed by atoms with van der Waals surface area (Å²) in [5, 5.41) is 15.1. The molecule has 1 aromatic heterocycles. The summed E-state index contributed by atoms with van der Waals surface area (Å²) in [6, 6.07) is 13.4. The molecule has 0 atom stereocenters. The number of carbonyl (C=O) groups is 3. The van der Waals surface area contributed by atoms with Gasteiger partial charge in [-0.15, -0.1) is 5.10 Å². The summed E-state index contributed by atoms with van der Waals surface area (Å²) in [4.78, 5) is 36.4. The average Bonchev–Trinajstić information content (AvgIpc) is 3.18. The van der Waals surface area contributed by atoms with Crippen LogP contribution in [0.4, 0.5) is 14.9 Å². The Morgan fingerprint density at radius 3 is 2.48 bits per heavy atom. The van der Waals surface area contributed by atoms with Gasteiger partial charge in [-0.05, 0) is 41.1 Å². The number of nitrogens with one attached hydrogen (secondary N) is 2. The van der Waals surface area contributed by atoms with Crippen molar-refractivity contribution in [2.24, 2.45) is 0 Å². The molecule has 0 saturated heterocycles. The van der Waals surface area contributed by atoms with Crippen LogP contribution in [-0.4, -0.2) is 44.7 Å². The van der Waals surface area contributed by atoms with E-state index in [0.29, 0.717) is 11.4 Å². The number of ether oxygens (including phenoxy) is 1. The number of nitrogens with zero attached hydrogens (tertiary/aromatic N) is 4. The standard InChI is InChI=1S/C20H17FN6O4/c1-13-24-25-26-27(13)17(11-14-7-3-2-4-8-14)19(29)31-12-18(28)23-20(30)22-16-10-6-5-9-15(16)21/h2-11H,12H2,1H3,(H2,22,23,28,30)/b17-11-. The van der Waals surface area contributed by atoms with Crippen LogP contribution in [0.15, 0.2) is 54.6 Å². The molecule has 0 radical (unpaired) electrons. The number of urea groups is 1. The van der Waals surface area contributed by atoms with E-state index in [9.17, 15) is 18.8 Å². The van der Waals surface area contributed by atoms with Crippen molar-refractivity contribution in [2.45, 2.75) is 6.92 Å². The molecule has 11 heteroatoms. The Morgan fingerprint density at radius 1 is 1.10 bits per heavy atom. The SMILES string of the molecule is Cc1nnnn1/C(=C\c1ccccc1)C(=O)OCC(=O)NC(=O)Nc1ccccc1F. The first-order valence-corrected chi connectivity index (χ1v) is 8.98. The molecule has 0 spiro atoms. The first-order chi connectivity index (χ1) is 14.9. The minimum absolute atomic E-state index is 0.0303. The van der Waals surface area contributed by atoms with Crippen molar-refractivity contribution in [1.82, 2.24) is 25.5 Å². The van der Waals surface area contributed by atoms with Crippen LogP contribution >= 0.6 is 0 Å². The van der Waals surface area contributed by atoms with Crippen LogP contribution in [-0.2, 0) is 14.3 Å². The molecule has 3 aromatic rings. The van der Waals surface area contributed by atoms with Gasteiger partial charge in [0.15, 0.2) is 18.1 Å².